The van der Waals surface area contributed by atoms with Crippen molar-refractivity contribution in [2.75, 3.05) is 13.2 Å². The summed E-state index contributed by atoms with van der Waals surface area (Å²) in [4.78, 5) is 10.2. The van der Waals surface area contributed by atoms with Gasteiger partial charge in [-0.3, -0.25) is 10.1 Å². The van der Waals surface area contributed by atoms with E-state index in [2.05, 4.69) is 0 Å². The van der Waals surface area contributed by atoms with Crippen LogP contribution < -0.4 is 5.73 Å². The van der Waals surface area contributed by atoms with Gasteiger partial charge < -0.3 is 10.8 Å². The molecule has 1 aliphatic rings. The minimum absolute atomic E-state index is 0.0386. The molecule has 2 atom stereocenters. The van der Waals surface area contributed by atoms with E-state index in [9.17, 15) is 15.2 Å². The van der Waals surface area contributed by atoms with Gasteiger partial charge in [-0.2, -0.15) is 0 Å². The fraction of sp³-hybridized carbons (Fsp3) is 0.455. The molecule has 1 fully saturated rings. The second kappa shape index (κ2) is 3.84. The van der Waals surface area contributed by atoms with E-state index in [-0.39, 0.29) is 23.6 Å². The number of hydrogen-bond donors (Lipinski definition) is 2. The third-order valence-corrected chi connectivity index (χ3v) is 3.39. The van der Waals surface area contributed by atoms with Gasteiger partial charge in [-0.15, -0.1) is 0 Å². The van der Waals surface area contributed by atoms with Gasteiger partial charge in [0.2, 0.25) is 0 Å². The first-order valence-electron chi connectivity index (χ1n) is 5.18. The molecule has 5 heteroatoms. The van der Waals surface area contributed by atoms with Crippen molar-refractivity contribution in [3.63, 3.8) is 0 Å². The Balaban J connectivity index is 2.24. The molecule has 0 aromatic heterocycles. The van der Waals surface area contributed by atoms with E-state index < -0.39 is 4.92 Å². The third-order valence-electron chi connectivity index (χ3n) is 3.39. The van der Waals surface area contributed by atoms with E-state index in [1.807, 2.05) is 6.07 Å². The lowest BCUT2D eigenvalue weighted by molar-refractivity contribution is -0.384. The predicted molar refractivity (Wildman–Crippen MR) is 59.0 cm³/mol. The van der Waals surface area contributed by atoms with Gasteiger partial charge >= 0.3 is 0 Å². The maximum atomic E-state index is 10.6. The fourth-order valence-electron chi connectivity index (χ4n) is 2.14. The highest BCUT2D eigenvalue weighted by molar-refractivity contribution is 5.40. The van der Waals surface area contributed by atoms with E-state index in [0.717, 1.165) is 12.0 Å². The topological polar surface area (TPSA) is 89.4 Å². The second-order valence-electron chi connectivity index (χ2n) is 4.33. The molecule has 1 aromatic carbocycles. The Morgan fingerprint density at radius 3 is 2.88 bits per heavy atom. The highest BCUT2D eigenvalue weighted by Crippen LogP contribution is 2.58. The molecule has 0 spiro atoms. The maximum absolute atomic E-state index is 10.6. The first kappa shape index (κ1) is 11.0. The number of aliphatic hydroxyl groups is 1. The Labute approximate surface area is 93.0 Å². The van der Waals surface area contributed by atoms with Gasteiger partial charge in [0.15, 0.2) is 0 Å². The number of non-ortho nitro benzene ring substituents is 1. The average molecular weight is 222 g/mol. The highest BCUT2D eigenvalue weighted by atomic mass is 16.6. The van der Waals surface area contributed by atoms with Crippen molar-refractivity contribution in [3.05, 3.63) is 39.9 Å². The van der Waals surface area contributed by atoms with Gasteiger partial charge in [0.25, 0.3) is 5.69 Å². The number of benzene rings is 1. The van der Waals surface area contributed by atoms with Crippen LogP contribution in [-0.4, -0.2) is 23.2 Å². The van der Waals surface area contributed by atoms with Gasteiger partial charge in [-0.25, -0.2) is 0 Å². The lowest BCUT2D eigenvalue weighted by Crippen LogP contribution is -2.21. The monoisotopic (exact) mass is 222 g/mol. The van der Waals surface area contributed by atoms with Crippen molar-refractivity contribution in [1.82, 2.24) is 0 Å². The molecule has 2 rings (SSSR count). The van der Waals surface area contributed by atoms with Crippen LogP contribution in [0.25, 0.3) is 0 Å². The summed E-state index contributed by atoms with van der Waals surface area (Å²) < 4.78 is 0. The lowest BCUT2D eigenvalue weighted by Gasteiger charge is -2.10. The van der Waals surface area contributed by atoms with Gasteiger partial charge in [0.05, 0.1) is 11.5 Å². The van der Waals surface area contributed by atoms with Crippen molar-refractivity contribution in [2.45, 2.75) is 12.3 Å². The summed E-state index contributed by atoms with van der Waals surface area (Å²) in [5.74, 6) is 0.155. The van der Waals surface area contributed by atoms with Crippen LogP contribution in [0.2, 0.25) is 0 Å². The van der Waals surface area contributed by atoms with E-state index in [1.165, 1.54) is 6.07 Å². The van der Waals surface area contributed by atoms with Crippen LogP contribution in [-0.2, 0) is 0 Å². The Morgan fingerprint density at radius 2 is 2.38 bits per heavy atom. The Kier molecular flexibility index (Phi) is 2.65. The SMILES string of the molecule is NCC1(CO)CC1c1cccc([N+](=O)[O-])c1. The van der Waals surface area contributed by atoms with E-state index >= 15 is 0 Å². The number of hydrogen-bond acceptors (Lipinski definition) is 4. The molecule has 0 amide bonds. The summed E-state index contributed by atoms with van der Waals surface area (Å²) in [6, 6.07) is 6.56. The van der Waals surface area contributed by atoms with Gasteiger partial charge in [-0.1, -0.05) is 12.1 Å². The lowest BCUT2D eigenvalue weighted by atomic mass is 10.00. The molecule has 5 nitrogen and oxygen atoms in total. The van der Waals surface area contributed by atoms with E-state index in [0.29, 0.717) is 6.54 Å². The Hall–Kier alpha value is -1.46. The molecule has 0 heterocycles. The molecule has 3 N–H and O–H groups in total. The van der Waals surface area contributed by atoms with E-state index in [4.69, 9.17) is 5.73 Å². The molecule has 1 aliphatic carbocycles. The van der Waals surface area contributed by atoms with Crippen molar-refractivity contribution in [1.29, 1.82) is 0 Å². The van der Waals surface area contributed by atoms with Gasteiger partial charge in [0.1, 0.15) is 0 Å². The first-order valence-corrected chi connectivity index (χ1v) is 5.18. The number of aliphatic hydroxyl groups excluding tert-OH is 1. The summed E-state index contributed by atoms with van der Waals surface area (Å²) in [5.41, 5.74) is 6.34. The largest absolute Gasteiger partial charge is 0.396 e. The second-order valence-corrected chi connectivity index (χ2v) is 4.33. The van der Waals surface area contributed by atoms with Crippen LogP contribution in [0.4, 0.5) is 5.69 Å². The zero-order valence-electron chi connectivity index (χ0n) is 8.80. The zero-order valence-corrected chi connectivity index (χ0v) is 8.80. The number of nitrogens with two attached hydrogens (primary N) is 1. The Morgan fingerprint density at radius 1 is 1.62 bits per heavy atom. The average Bonchev–Trinajstić information content (AvgIpc) is 3.04. The molecule has 86 valence electrons. The van der Waals surface area contributed by atoms with Crippen molar-refractivity contribution >= 4 is 5.69 Å². The highest BCUT2D eigenvalue weighted by Gasteiger charge is 2.53. The molecule has 0 saturated heterocycles. The van der Waals surface area contributed by atoms with Crippen LogP contribution in [0, 0.1) is 15.5 Å². The number of nitrogens with zero attached hydrogens (tertiary/aromatic N) is 1. The molecule has 0 aliphatic heterocycles. The van der Waals surface area contributed by atoms with Crippen molar-refractivity contribution < 1.29 is 10.0 Å². The fourth-order valence-corrected chi connectivity index (χ4v) is 2.14. The van der Waals surface area contributed by atoms with Crippen LogP contribution in [0.3, 0.4) is 0 Å². The maximum Gasteiger partial charge on any atom is 0.269 e. The van der Waals surface area contributed by atoms with Crippen LogP contribution in [0.5, 0.6) is 0 Å². The summed E-state index contributed by atoms with van der Waals surface area (Å²) in [7, 11) is 0. The summed E-state index contributed by atoms with van der Waals surface area (Å²) in [6.45, 7) is 0.452. The standard InChI is InChI=1S/C11H14N2O3/c12-6-11(7-14)5-10(11)8-2-1-3-9(4-8)13(15)16/h1-4,10,14H,5-7,12H2. The molecule has 1 aromatic rings. The van der Waals surface area contributed by atoms with Gasteiger partial charge in [-0.05, 0) is 17.9 Å². The summed E-state index contributed by atoms with van der Waals surface area (Å²) in [5, 5.41) is 19.9. The smallest absolute Gasteiger partial charge is 0.269 e. The minimum atomic E-state index is -0.408. The molecule has 16 heavy (non-hydrogen) atoms. The van der Waals surface area contributed by atoms with Gasteiger partial charge in [0, 0.05) is 24.1 Å². The van der Waals surface area contributed by atoms with Crippen LogP contribution in [0.1, 0.15) is 17.9 Å². The van der Waals surface area contributed by atoms with Crippen LogP contribution >= 0.6 is 0 Å². The van der Waals surface area contributed by atoms with Crippen molar-refractivity contribution in [2.24, 2.45) is 11.1 Å². The summed E-state index contributed by atoms with van der Waals surface area (Å²) >= 11 is 0. The number of rotatable bonds is 4. The minimum Gasteiger partial charge on any atom is -0.396 e. The molecule has 1 saturated carbocycles. The van der Waals surface area contributed by atoms with Crippen LogP contribution in [0.15, 0.2) is 24.3 Å². The number of nitro benzene ring substituents is 1. The number of nitro groups is 1. The molecule has 0 bridgehead atoms. The molecular weight excluding hydrogens is 208 g/mol. The molecular formula is C11H14N2O3. The summed E-state index contributed by atoms with van der Waals surface area (Å²) in [6.07, 6.45) is 0.807. The normalized spacial score (nSPS) is 27.8. The predicted octanol–water partition coefficient (Wildman–Crippen LogP) is 1.02. The molecule has 2 unspecified atom stereocenters. The van der Waals surface area contributed by atoms with E-state index in [1.54, 1.807) is 12.1 Å². The quantitative estimate of drug-likeness (QED) is 0.588. The first-order chi connectivity index (χ1) is 7.63. The Bertz CT molecular complexity index is 415. The third kappa shape index (κ3) is 1.68. The van der Waals surface area contributed by atoms with Crippen molar-refractivity contribution in [3.8, 4) is 0 Å². The zero-order chi connectivity index (χ0) is 11.8. The molecule has 0 radical (unpaired) electrons.